The van der Waals surface area contributed by atoms with Gasteiger partial charge < -0.3 is 31.8 Å². The quantitative estimate of drug-likeness (QED) is 0.0755. The smallest absolute Gasteiger partial charge is 0.456 e. The van der Waals surface area contributed by atoms with Crippen molar-refractivity contribution in [2.75, 3.05) is 36.0 Å². The normalized spacial score (nSPS) is 15.6. The molecule has 1 aliphatic carbocycles. The summed E-state index contributed by atoms with van der Waals surface area (Å²) < 4.78 is 52.1. The summed E-state index contributed by atoms with van der Waals surface area (Å²) in [6, 6.07) is 35.9. The van der Waals surface area contributed by atoms with Gasteiger partial charge in [0.15, 0.2) is 0 Å². The van der Waals surface area contributed by atoms with Crippen LogP contribution in [0.5, 0.6) is 5.75 Å². The maximum Gasteiger partial charge on any atom is 0.673 e. The molecule has 0 saturated heterocycles. The zero-order valence-corrected chi connectivity index (χ0v) is 34.1. The van der Waals surface area contributed by atoms with Gasteiger partial charge in [0, 0.05) is 65.3 Å². The Morgan fingerprint density at radius 2 is 1.31 bits per heavy atom. The molecule has 1 aromatic heterocycles. The average Bonchev–Trinajstić information content (AvgIpc) is 3.23. The molecule has 4 aromatic carbocycles. The molecule has 0 fully saturated rings. The van der Waals surface area contributed by atoms with Gasteiger partial charge in [-0.3, -0.25) is 0 Å². The van der Waals surface area contributed by atoms with Crippen LogP contribution in [-0.2, 0) is 0 Å². The Morgan fingerprint density at radius 3 is 1.95 bits per heavy atom. The number of anilines is 2. The number of hydrogen-bond donors (Lipinski definition) is 0. The van der Waals surface area contributed by atoms with Crippen LogP contribution in [0.4, 0.5) is 28.6 Å². The Morgan fingerprint density at radius 1 is 0.707 bits per heavy atom. The van der Waals surface area contributed by atoms with Gasteiger partial charge in [-0.1, -0.05) is 84.4 Å². The van der Waals surface area contributed by atoms with Crippen molar-refractivity contribution in [3.05, 3.63) is 160 Å². The highest BCUT2D eigenvalue weighted by Crippen LogP contribution is 2.41. The second kappa shape index (κ2) is 19.3. The molecule has 1 aliphatic heterocycles. The van der Waals surface area contributed by atoms with E-state index in [0.717, 1.165) is 129 Å². The zero-order chi connectivity index (χ0) is 41.2. The van der Waals surface area contributed by atoms with Crippen LogP contribution in [0.1, 0.15) is 63.6 Å². The minimum atomic E-state index is -6.00. The monoisotopic (exact) mass is 806 g/mol. The molecule has 0 radical (unpaired) electrons. The first-order valence-electron chi connectivity index (χ1n) is 19.9. The third-order valence-corrected chi connectivity index (χ3v) is 10.8. The highest BCUT2D eigenvalue weighted by Gasteiger charge is 2.23. The fourth-order valence-corrected chi connectivity index (χ4v) is 7.64. The summed E-state index contributed by atoms with van der Waals surface area (Å²) >= 11 is 7.24. The molecule has 7 rings (SSSR count). The number of rotatable bonds is 11. The van der Waals surface area contributed by atoms with Crippen molar-refractivity contribution >= 4 is 58.6 Å². The Kier molecular flexibility index (Phi) is 14.0. The summed E-state index contributed by atoms with van der Waals surface area (Å²) in [5.74, 6) is 2.55. The third-order valence-electron chi connectivity index (χ3n) is 10.3. The molecule has 4 nitrogen and oxygen atoms in total. The Hall–Kier alpha value is -5.54. The summed E-state index contributed by atoms with van der Waals surface area (Å²) in [5.41, 5.74) is 10.9. The standard InChI is InChI=1S/C48H48ClN2O2.BF4/c1-5-50(6-2)40-26-28-42-38(30-44(52-46(42)32-40)34-16-11-9-12-17-34)24-22-36-20-15-21-37(48(36)49)23-25-39-31-45(35-18-13-10-14-19-35)53-47-33-41(27-29-43(39)47)51(7-3)8-4;2-1(3,4)5/h9-14,16-19,22-33H,5-8,15,20-21H2,1-4H3;/q+1;-1. The molecular formula is C48H48BClF4N2O2. The van der Waals surface area contributed by atoms with Crippen LogP contribution in [0, 0.1) is 0 Å². The molecule has 2 aliphatic rings. The van der Waals surface area contributed by atoms with Crippen molar-refractivity contribution < 1.29 is 26.4 Å². The molecule has 0 unspecified atom stereocenters. The third kappa shape index (κ3) is 10.5. The lowest BCUT2D eigenvalue weighted by atomic mass is 9.92. The zero-order valence-electron chi connectivity index (χ0n) is 33.3. The van der Waals surface area contributed by atoms with E-state index >= 15 is 0 Å². The molecule has 2 heterocycles. The predicted octanol–water partition coefficient (Wildman–Crippen LogP) is 14.5. The van der Waals surface area contributed by atoms with Crippen molar-refractivity contribution in [2.24, 2.45) is 0 Å². The molecule has 0 bridgehead atoms. The van der Waals surface area contributed by atoms with E-state index in [9.17, 15) is 17.3 Å². The van der Waals surface area contributed by atoms with Gasteiger partial charge in [-0.25, -0.2) is 4.42 Å². The summed E-state index contributed by atoms with van der Waals surface area (Å²) in [7, 11) is -6.00. The van der Waals surface area contributed by atoms with Gasteiger partial charge in [-0.2, -0.15) is 0 Å². The number of hydrogen-bond acceptors (Lipinski definition) is 3. The minimum absolute atomic E-state index is 0.831. The SMILES string of the molecule is CCN(CC)c1ccc2c(c1)OC(c1ccccc1)=C/C2=C\C=C1/CCCC(/C=C/c2cc(-c3ccccc3)[o+]c3cc(N(CC)CC)ccc23)=C1Cl.F[B-](F)(F)F. The fraction of sp³-hybridized carbons (Fsp3) is 0.229. The van der Waals surface area contributed by atoms with Crippen LogP contribution in [0.2, 0.25) is 0 Å². The molecule has 0 N–H and O–H groups in total. The van der Waals surface area contributed by atoms with Crippen LogP contribution in [0.25, 0.3) is 39.7 Å². The Bertz CT molecular complexity index is 2360. The van der Waals surface area contributed by atoms with Crippen LogP contribution in [0.3, 0.4) is 0 Å². The van der Waals surface area contributed by atoms with Crippen LogP contribution in [0.15, 0.2) is 148 Å². The van der Waals surface area contributed by atoms with Gasteiger partial charge in [0.25, 0.3) is 0 Å². The first-order valence-corrected chi connectivity index (χ1v) is 20.3. The van der Waals surface area contributed by atoms with Crippen LogP contribution in [-0.4, -0.2) is 33.4 Å². The number of fused-ring (bicyclic) bond motifs is 2. The van der Waals surface area contributed by atoms with E-state index in [-0.39, 0.29) is 0 Å². The van der Waals surface area contributed by atoms with E-state index in [1.54, 1.807) is 0 Å². The molecule has 0 amide bonds. The lowest BCUT2D eigenvalue weighted by Crippen LogP contribution is -2.21. The Labute approximate surface area is 344 Å². The van der Waals surface area contributed by atoms with Gasteiger partial charge in [0.1, 0.15) is 11.5 Å². The number of allylic oxidation sites excluding steroid dienone is 8. The lowest BCUT2D eigenvalue weighted by Gasteiger charge is -2.25. The first kappa shape index (κ1) is 42.1. The van der Waals surface area contributed by atoms with E-state index in [0.29, 0.717) is 0 Å². The highest BCUT2D eigenvalue weighted by atomic mass is 35.5. The number of benzene rings is 4. The fourth-order valence-electron chi connectivity index (χ4n) is 7.33. The number of ether oxygens (including phenoxy) is 1. The molecule has 300 valence electrons. The molecule has 10 heteroatoms. The van der Waals surface area contributed by atoms with E-state index in [1.165, 1.54) is 0 Å². The largest absolute Gasteiger partial charge is 0.673 e. The van der Waals surface area contributed by atoms with E-state index in [1.807, 2.05) is 36.4 Å². The van der Waals surface area contributed by atoms with Gasteiger partial charge >= 0.3 is 18.6 Å². The molecular weight excluding hydrogens is 759 g/mol. The lowest BCUT2D eigenvalue weighted by molar-refractivity contribution is 0.368. The average molecular weight is 807 g/mol. The van der Waals surface area contributed by atoms with Gasteiger partial charge in [-0.15, -0.1) is 0 Å². The second-order valence-electron chi connectivity index (χ2n) is 13.9. The van der Waals surface area contributed by atoms with Crippen molar-refractivity contribution in [1.82, 2.24) is 0 Å². The second-order valence-corrected chi connectivity index (χ2v) is 14.3. The van der Waals surface area contributed by atoms with Gasteiger partial charge in [0.2, 0.25) is 0 Å². The predicted molar refractivity (Wildman–Crippen MR) is 237 cm³/mol. The summed E-state index contributed by atoms with van der Waals surface area (Å²) in [5, 5.41) is 1.91. The number of nitrogens with zero attached hydrogens (tertiary/aromatic N) is 2. The minimum Gasteiger partial charge on any atom is -0.456 e. The molecule has 0 saturated carbocycles. The summed E-state index contributed by atoms with van der Waals surface area (Å²) in [4.78, 5) is 4.69. The molecule has 0 atom stereocenters. The van der Waals surface area contributed by atoms with Crippen molar-refractivity contribution in [3.63, 3.8) is 0 Å². The van der Waals surface area contributed by atoms with Crippen molar-refractivity contribution in [2.45, 2.75) is 47.0 Å². The van der Waals surface area contributed by atoms with E-state index in [2.05, 4.69) is 135 Å². The van der Waals surface area contributed by atoms with Gasteiger partial charge in [-0.05, 0) is 106 Å². The van der Waals surface area contributed by atoms with E-state index in [4.69, 9.17) is 20.8 Å². The van der Waals surface area contributed by atoms with Crippen molar-refractivity contribution in [3.8, 4) is 17.1 Å². The van der Waals surface area contributed by atoms with E-state index < -0.39 is 7.25 Å². The maximum absolute atomic E-state index is 9.75. The number of halogens is 5. The summed E-state index contributed by atoms with van der Waals surface area (Å²) in [6.45, 7) is 12.5. The molecule has 0 spiro atoms. The maximum atomic E-state index is 9.75. The first-order chi connectivity index (χ1) is 28.0. The molecule has 5 aromatic rings. The Balaban J connectivity index is 0.00000107. The van der Waals surface area contributed by atoms with Crippen molar-refractivity contribution in [1.29, 1.82) is 0 Å². The molecule has 58 heavy (non-hydrogen) atoms. The van der Waals surface area contributed by atoms with Gasteiger partial charge in [0.05, 0.1) is 23.1 Å². The van der Waals surface area contributed by atoms with Crippen LogP contribution >= 0.6 is 11.6 Å². The summed E-state index contributed by atoms with van der Waals surface area (Å²) in [6.07, 6.45) is 13.9. The van der Waals surface area contributed by atoms with Crippen LogP contribution < -0.4 is 14.5 Å². The topological polar surface area (TPSA) is 27.0 Å². The highest BCUT2D eigenvalue weighted by molar-refractivity contribution is 6.50.